The van der Waals surface area contributed by atoms with Crippen molar-refractivity contribution >= 4 is 10.2 Å². The van der Waals surface area contributed by atoms with Crippen LogP contribution in [0.2, 0.25) is 0 Å². The van der Waals surface area contributed by atoms with Crippen LogP contribution in [0.5, 0.6) is 11.5 Å². The van der Waals surface area contributed by atoms with E-state index in [0.29, 0.717) is 51.0 Å². The van der Waals surface area contributed by atoms with Gasteiger partial charge in [0.25, 0.3) is 10.2 Å². The zero-order chi connectivity index (χ0) is 16.3. The van der Waals surface area contributed by atoms with Crippen LogP contribution in [-0.4, -0.2) is 69.1 Å². The minimum Gasteiger partial charge on any atom is -0.486 e. The fourth-order valence-corrected chi connectivity index (χ4v) is 4.33. The summed E-state index contributed by atoms with van der Waals surface area (Å²) in [4.78, 5) is 0. The van der Waals surface area contributed by atoms with Gasteiger partial charge in [-0.2, -0.15) is 17.0 Å². The second-order valence-corrected chi connectivity index (χ2v) is 7.40. The van der Waals surface area contributed by atoms with Crippen molar-refractivity contribution in [3.8, 4) is 11.5 Å². The molecule has 0 radical (unpaired) electrons. The highest BCUT2D eigenvalue weighted by molar-refractivity contribution is 7.86. The summed E-state index contributed by atoms with van der Waals surface area (Å²) in [6.45, 7) is 4.49. The van der Waals surface area contributed by atoms with Crippen molar-refractivity contribution in [3.05, 3.63) is 24.3 Å². The maximum atomic E-state index is 12.7. The number of hydrogen-bond acceptors (Lipinski definition) is 5. The van der Waals surface area contributed by atoms with Gasteiger partial charge in [-0.15, -0.1) is 0 Å². The van der Waals surface area contributed by atoms with E-state index in [9.17, 15) is 8.42 Å². The normalized spacial score (nSPS) is 22.3. The lowest BCUT2D eigenvalue weighted by molar-refractivity contribution is 0.0623. The maximum absolute atomic E-state index is 12.7. The summed E-state index contributed by atoms with van der Waals surface area (Å²) in [7, 11) is -3.50. The van der Waals surface area contributed by atoms with Crippen molar-refractivity contribution in [1.29, 1.82) is 0 Å². The van der Waals surface area contributed by atoms with Gasteiger partial charge in [-0.25, -0.2) is 0 Å². The largest absolute Gasteiger partial charge is 0.486 e. The van der Waals surface area contributed by atoms with Crippen molar-refractivity contribution in [2.75, 3.05) is 46.0 Å². The van der Waals surface area contributed by atoms with Crippen LogP contribution in [0, 0.1) is 0 Å². The molecule has 0 N–H and O–H groups in total. The Bertz CT molecular complexity index is 631. The number of nitrogens with zero attached hydrogens (tertiary/aromatic N) is 2. The molecule has 1 unspecified atom stereocenters. The number of ether oxygens (including phenoxy) is 3. The van der Waals surface area contributed by atoms with Crippen molar-refractivity contribution in [2.45, 2.75) is 13.0 Å². The lowest BCUT2D eigenvalue weighted by atomic mass is 10.2. The highest BCUT2D eigenvalue weighted by atomic mass is 32.2. The fraction of sp³-hybridized carbons (Fsp3) is 0.600. The third-order valence-corrected chi connectivity index (χ3v) is 6.03. The topological polar surface area (TPSA) is 68.3 Å². The molecule has 8 heteroatoms. The molecule has 1 aromatic carbocycles. The summed E-state index contributed by atoms with van der Waals surface area (Å²) in [6, 6.07) is 7.41. The maximum Gasteiger partial charge on any atom is 0.282 e. The fourth-order valence-electron chi connectivity index (χ4n) is 2.71. The molecule has 2 aliphatic rings. The zero-order valence-electron chi connectivity index (χ0n) is 13.2. The van der Waals surface area contributed by atoms with Crippen LogP contribution in [-0.2, 0) is 14.9 Å². The lowest BCUT2D eigenvalue weighted by Crippen LogP contribution is -2.51. The average molecular weight is 342 g/mol. The molecule has 0 saturated carbocycles. The third-order valence-electron chi connectivity index (χ3n) is 3.95. The second-order valence-electron chi connectivity index (χ2n) is 5.47. The third kappa shape index (κ3) is 3.60. The molecule has 0 aromatic heterocycles. The van der Waals surface area contributed by atoms with Gasteiger partial charge in [0.15, 0.2) is 11.5 Å². The van der Waals surface area contributed by atoms with E-state index in [-0.39, 0.29) is 12.6 Å². The molecular formula is C15H22N2O5S. The van der Waals surface area contributed by atoms with E-state index in [2.05, 4.69) is 0 Å². The van der Waals surface area contributed by atoms with Crippen LogP contribution < -0.4 is 9.47 Å². The Balaban J connectivity index is 1.68. The minimum atomic E-state index is -3.50. The first-order chi connectivity index (χ1) is 11.1. The van der Waals surface area contributed by atoms with Crippen LogP contribution in [0.1, 0.15) is 6.92 Å². The van der Waals surface area contributed by atoms with E-state index in [0.717, 1.165) is 0 Å². The molecule has 0 amide bonds. The molecule has 0 bridgehead atoms. The summed E-state index contributed by atoms with van der Waals surface area (Å²) in [5.74, 6) is 1.35. The summed E-state index contributed by atoms with van der Waals surface area (Å²) in [6.07, 6.45) is -0.319. The van der Waals surface area contributed by atoms with Gasteiger partial charge >= 0.3 is 0 Å². The molecule has 0 spiro atoms. The predicted octanol–water partition coefficient (Wildman–Crippen LogP) is 0.725. The molecule has 0 aliphatic carbocycles. The second kappa shape index (κ2) is 7.04. The Labute approximate surface area is 136 Å². The van der Waals surface area contributed by atoms with E-state index in [1.54, 1.807) is 0 Å². The molecule has 2 heterocycles. The van der Waals surface area contributed by atoms with Crippen molar-refractivity contribution in [1.82, 2.24) is 8.61 Å². The van der Waals surface area contributed by atoms with Gasteiger partial charge in [0.1, 0.15) is 12.7 Å². The standard InChI is InChI=1S/C15H22N2O5S/c1-2-16(23(18,19)17-7-9-20-10-8-17)11-13-12-21-14-5-3-4-6-15(14)22-13/h3-6,13H,2,7-12H2,1H3. The van der Waals surface area contributed by atoms with E-state index in [4.69, 9.17) is 14.2 Å². The van der Waals surface area contributed by atoms with Gasteiger partial charge in [0, 0.05) is 19.6 Å². The minimum absolute atomic E-state index is 0.268. The molecule has 7 nitrogen and oxygen atoms in total. The van der Waals surface area contributed by atoms with Crippen LogP contribution in [0.15, 0.2) is 24.3 Å². The quantitative estimate of drug-likeness (QED) is 0.789. The first-order valence-corrected chi connectivity index (χ1v) is 9.22. The first-order valence-electron chi connectivity index (χ1n) is 7.82. The number of benzene rings is 1. The van der Waals surface area contributed by atoms with E-state index in [1.807, 2.05) is 31.2 Å². The number of fused-ring (bicyclic) bond motifs is 1. The van der Waals surface area contributed by atoms with Crippen LogP contribution in [0.25, 0.3) is 0 Å². The predicted molar refractivity (Wildman–Crippen MR) is 84.9 cm³/mol. The number of para-hydroxylation sites is 2. The van der Waals surface area contributed by atoms with Crippen molar-refractivity contribution < 1.29 is 22.6 Å². The van der Waals surface area contributed by atoms with Gasteiger partial charge in [-0.05, 0) is 12.1 Å². The number of likely N-dealkylation sites (N-methyl/N-ethyl adjacent to an activating group) is 1. The van der Waals surface area contributed by atoms with Crippen molar-refractivity contribution in [3.63, 3.8) is 0 Å². The first kappa shape index (κ1) is 16.5. The van der Waals surface area contributed by atoms with E-state index < -0.39 is 10.2 Å². The Morgan fingerprint density at radius 1 is 1.22 bits per heavy atom. The Morgan fingerprint density at radius 2 is 1.91 bits per heavy atom. The molecule has 3 rings (SSSR count). The molecule has 2 aliphatic heterocycles. The highest BCUT2D eigenvalue weighted by Crippen LogP contribution is 2.31. The molecule has 23 heavy (non-hydrogen) atoms. The van der Waals surface area contributed by atoms with Gasteiger partial charge in [-0.3, -0.25) is 0 Å². The number of morpholine rings is 1. The molecule has 1 saturated heterocycles. The number of hydrogen-bond donors (Lipinski definition) is 0. The Kier molecular flexibility index (Phi) is 5.05. The highest BCUT2D eigenvalue weighted by Gasteiger charge is 2.33. The summed E-state index contributed by atoms with van der Waals surface area (Å²) in [5, 5.41) is 0. The van der Waals surface area contributed by atoms with Crippen LogP contribution >= 0.6 is 0 Å². The zero-order valence-corrected chi connectivity index (χ0v) is 14.0. The van der Waals surface area contributed by atoms with E-state index in [1.165, 1.54) is 8.61 Å². The van der Waals surface area contributed by atoms with Crippen molar-refractivity contribution in [2.24, 2.45) is 0 Å². The lowest BCUT2D eigenvalue weighted by Gasteiger charge is -2.34. The smallest absolute Gasteiger partial charge is 0.282 e. The Morgan fingerprint density at radius 3 is 2.61 bits per heavy atom. The molecule has 128 valence electrons. The van der Waals surface area contributed by atoms with Crippen LogP contribution in [0.3, 0.4) is 0 Å². The van der Waals surface area contributed by atoms with Gasteiger partial charge in [0.05, 0.1) is 19.8 Å². The summed E-state index contributed by atoms with van der Waals surface area (Å²) >= 11 is 0. The SMILES string of the molecule is CCN(CC1COc2ccccc2O1)S(=O)(=O)N1CCOCC1. The van der Waals surface area contributed by atoms with Crippen LogP contribution in [0.4, 0.5) is 0 Å². The van der Waals surface area contributed by atoms with E-state index >= 15 is 0 Å². The molecule has 1 fully saturated rings. The van der Waals surface area contributed by atoms with Gasteiger partial charge in [0.2, 0.25) is 0 Å². The molecular weight excluding hydrogens is 320 g/mol. The Hall–Kier alpha value is -1.35. The average Bonchev–Trinajstić information content (AvgIpc) is 2.60. The number of rotatable bonds is 5. The molecule has 1 atom stereocenters. The monoisotopic (exact) mass is 342 g/mol. The van der Waals surface area contributed by atoms with Gasteiger partial charge in [-0.1, -0.05) is 19.1 Å². The summed E-state index contributed by atoms with van der Waals surface area (Å²) in [5.41, 5.74) is 0. The van der Waals surface area contributed by atoms with Gasteiger partial charge < -0.3 is 14.2 Å². The summed E-state index contributed by atoms with van der Waals surface area (Å²) < 4.78 is 45.1. The molecule has 1 aromatic rings.